The van der Waals surface area contributed by atoms with Crippen LogP contribution in [0.15, 0.2) is 24.3 Å². The van der Waals surface area contributed by atoms with E-state index in [1.165, 1.54) is 11.1 Å². The molecule has 0 bridgehead atoms. The SMILES string of the molecule is CNC(CCS)c1ccccc1C. The lowest BCUT2D eigenvalue weighted by Crippen LogP contribution is -2.17. The van der Waals surface area contributed by atoms with Gasteiger partial charge in [0.2, 0.25) is 0 Å². The molecule has 0 radical (unpaired) electrons. The monoisotopic (exact) mass is 195 g/mol. The van der Waals surface area contributed by atoms with Crippen molar-refractivity contribution >= 4 is 12.6 Å². The lowest BCUT2D eigenvalue weighted by molar-refractivity contribution is 0.579. The maximum absolute atomic E-state index is 4.26. The van der Waals surface area contributed by atoms with Crippen molar-refractivity contribution in [1.29, 1.82) is 0 Å². The molecule has 0 saturated heterocycles. The largest absolute Gasteiger partial charge is 0.313 e. The Hall–Kier alpha value is -0.470. The molecule has 0 amide bonds. The molecule has 1 nitrogen and oxygen atoms in total. The van der Waals surface area contributed by atoms with E-state index in [0.717, 1.165) is 12.2 Å². The second kappa shape index (κ2) is 5.30. The van der Waals surface area contributed by atoms with Gasteiger partial charge in [-0.3, -0.25) is 0 Å². The first-order chi connectivity index (χ1) is 6.29. The molecule has 0 heterocycles. The van der Waals surface area contributed by atoms with E-state index in [2.05, 4.69) is 49.1 Å². The molecular weight excluding hydrogens is 178 g/mol. The van der Waals surface area contributed by atoms with Crippen LogP contribution in [0, 0.1) is 6.92 Å². The Morgan fingerprint density at radius 3 is 2.62 bits per heavy atom. The zero-order valence-electron chi connectivity index (χ0n) is 8.25. The molecule has 0 fully saturated rings. The van der Waals surface area contributed by atoms with Gasteiger partial charge < -0.3 is 5.32 Å². The van der Waals surface area contributed by atoms with E-state index in [9.17, 15) is 0 Å². The van der Waals surface area contributed by atoms with Gasteiger partial charge in [0, 0.05) is 6.04 Å². The van der Waals surface area contributed by atoms with Gasteiger partial charge in [0.15, 0.2) is 0 Å². The van der Waals surface area contributed by atoms with E-state index in [-0.39, 0.29) is 0 Å². The van der Waals surface area contributed by atoms with Crippen molar-refractivity contribution in [3.8, 4) is 0 Å². The molecule has 0 aliphatic rings. The van der Waals surface area contributed by atoms with Crippen LogP contribution in [0.3, 0.4) is 0 Å². The Labute approximate surface area is 86.0 Å². The van der Waals surface area contributed by atoms with Crippen molar-refractivity contribution in [3.05, 3.63) is 35.4 Å². The van der Waals surface area contributed by atoms with Gasteiger partial charge in [-0.15, -0.1) is 0 Å². The smallest absolute Gasteiger partial charge is 0.0327 e. The molecule has 72 valence electrons. The van der Waals surface area contributed by atoms with E-state index in [1.54, 1.807) is 0 Å². The fourth-order valence-corrected chi connectivity index (χ4v) is 1.82. The van der Waals surface area contributed by atoms with Gasteiger partial charge in [-0.25, -0.2) is 0 Å². The van der Waals surface area contributed by atoms with E-state index in [0.29, 0.717) is 6.04 Å². The standard InChI is InChI=1S/C11H17NS/c1-9-5-3-4-6-10(9)11(12-2)7-8-13/h3-6,11-13H,7-8H2,1-2H3. The summed E-state index contributed by atoms with van der Waals surface area (Å²) in [5.74, 6) is 0.917. The fourth-order valence-electron chi connectivity index (χ4n) is 1.56. The summed E-state index contributed by atoms with van der Waals surface area (Å²) >= 11 is 4.26. The minimum Gasteiger partial charge on any atom is -0.313 e. The Balaban J connectivity index is 2.84. The van der Waals surface area contributed by atoms with Crippen LogP contribution in [-0.2, 0) is 0 Å². The van der Waals surface area contributed by atoms with Crippen LogP contribution in [0.25, 0.3) is 0 Å². The average molecular weight is 195 g/mol. The predicted octanol–water partition coefficient (Wildman–Crippen LogP) is 2.58. The highest BCUT2D eigenvalue weighted by Gasteiger charge is 2.09. The van der Waals surface area contributed by atoms with Gasteiger partial charge in [-0.05, 0) is 37.3 Å². The van der Waals surface area contributed by atoms with Crippen LogP contribution in [0.4, 0.5) is 0 Å². The summed E-state index contributed by atoms with van der Waals surface area (Å²) in [5.41, 5.74) is 2.74. The van der Waals surface area contributed by atoms with Gasteiger partial charge in [0.05, 0.1) is 0 Å². The summed E-state index contributed by atoms with van der Waals surface area (Å²) in [6, 6.07) is 8.94. The number of aryl methyl sites for hydroxylation is 1. The second-order valence-electron chi connectivity index (χ2n) is 3.21. The van der Waals surface area contributed by atoms with Crippen molar-refractivity contribution in [2.75, 3.05) is 12.8 Å². The second-order valence-corrected chi connectivity index (χ2v) is 3.66. The summed E-state index contributed by atoms with van der Waals surface area (Å²) in [6.07, 6.45) is 1.07. The molecular formula is C11H17NS. The fraction of sp³-hybridized carbons (Fsp3) is 0.455. The number of thiol groups is 1. The molecule has 1 unspecified atom stereocenters. The average Bonchev–Trinajstić information content (AvgIpc) is 2.16. The van der Waals surface area contributed by atoms with Crippen LogP contribution >= 0.6 is 12.6 Å². The van der Waals surface area contributed by atoms with Crippen molar-refractivity contribution in [3.63, 3.8) is 0 Å². The summed E-state index contributed by atoms with van der Waals surface area (Å²) in [6.45, 7) is 2.15. The predicted molar refractivity (Wildman–Crippen MR) is 61.4 cm³/mol. The number of benzene rings is 1. The number of hydrogen-bond donors (Lipinski definition) is 2. The molecule has 1 aromatic rings. The topological polar surface area (TPSA) is 12.0 Å². The molecule has 2 heteroatoms. The molecule has 1 atom stereocenters. The van der Waals surface area contributed by atoms with E-state index in [1.807, 2.05) is 7.05 Å². The Bertz CT molecular complexity index is 260. The molecule has 0 spiro atoms. The highest BCUT2D eigenvalue weighted by Crippen LogP contribution is 2.20. The van der Waals surface area contributed by atoms with E-state index in [4.69, 9.17) is 0 Å². The lowest BCUT2D eigenvalue weighted by Gasteiger charge is -2.17. The third-order valence-electron chi connectivity index (χ3n) is 2.33. The van der Waals surface area contributed by atoms with Crippen LogP contribution in [0.1, 0.15) is 23.6 Å². The first kappa shape index (κ1) is 10.6. The van der Waals surface area contributed by atoms with Crippen LogP contribution in [-0.4, -0.2) is 12.8 Å². The molecule has 0 saturated carbocycles. The van der Waals surface area contributed by atoms with Crippen molar-refractivity contribution in [2.45, 2.75) is 19.4 Å². The Morgan fingerprint density at radius 1 is 1.38 bits per heavy atom. The molecule has 1 aromatic carbocycles. The molecule has 0 aliphatic carbocycles. The van der Waals surface area contributed by atoms with Gasteiger partial charge in [-0.2, -0.15) is 12.6 Å². The zero-order chi connectivity index (χ0) is 9.68. The summed E-state index contributed by atoms with van der Waals surface area (Å²) in [4.78, 5) is 0. The molecule has 1 N–H and O–H groups in total. The summed E-state index contributed by atoms with van der Waals surface area (Å²) in [5, 5.41) is 3.31. The Morgan fingerprint density at radius 2 is 2.08 bits per heavy atom. The van der Waals surface area contributed by atoms with Crippen LogP contribution in [0.2, 0.25) is 0 Å². The van der Waals surface area contributed by atoms with Crippen molar-refractivity contribution < 1.29 is 0 Å². The molecule has 13 heavy (non-hydrogen) atoms. The normalized spacial score (nSPS) is 12.8. The van der Waals surface area contributed by atoms with Crippen molar-refractivity contribution in [1.82, 2.24) is 5.32 Å². The third-order valence-corrected chi connectivity index (χ3v) is 2.59. The highest BCUT2D eigenvalue weighted by molar-refractivity contribution is 7.80. The van der Waals surface area contributed by atoms with Gasteiger partial charge in [-0.1, -0.05) is 24.3 Å². The highest BCUT2D eigenvalue weighted by atomic mass is 32.1. The molecule has 1 rings (SSSR count). The third kappa shape index (κ3) is 2.75. The Kier molecular flexibility index (Phi) is 4.33. The maximum Gasteiger partial charge on any atom is 0.0327 e. The summed E-state index contributed by atoms with van der Waals surface area (Å²) < 4.78 is 0. The molecule has 0 aliphatic heterocycles. The van der Waals surface area contributed by atoms with Crippen molar-refractivity contribution in [2.24, 2.45) is 0 Å². The lowest BCUT2D eigenvalue weighted by atomic mass is 10.00. The van der Waals surface area contributed by atoms with Gasteiger partial charge in [0.1, 0.15) is 0 Å². The number of hydrogen-bond acceptors (Lipinski definition) is 2. The summed E-state index contributed by atoms with van der Waals surface area (Å²) in [7, 11) is 2.00. The first-order valence-electron chi connectivity index (χ1n) is 4.63. The van der Waals surface area contributed by atoms with Gasteiger partial charge in [0.25, 0.3) is 0 Å². The minimum absolute atomic E-state index is 0.443. The molecule has 0 aromatic heterocycles. The zero-order valence-corrected chi connectivity index (χ0v) is 9.14. The minimum atomic E-state index is 0.443. The van der Waals surface area contributed by atoms with E-state index < -0.39 is 0 Å². The maximum atomic E-state index is 4.26. The van der Waals surface area contributed by atoms with Gasteiger partial charge >= 0.3 is 0 Å². The van der Waals surface area contributed by atoms with Crippen LogP contribution < -0.4 is 5.32 Å². The quantitative estimate of drug-likeness (QED) is 0.704. The van der Waals surface area contributed by atoms with E-state index >= 15 is 0 Å². The van der Waals surface area contributed by atoms with Crippen LogP contribution in [0.5, 0.6) is 0 Å². The first-order valence-corrected chi connectivity index (χ1v) is 5.26. The number of nitrogens with one attached hydrogen (secondary N) is 1. The number of rotatable bonds is 4.